The summed E-state index contributed by atoms with van der Waals surface area (Å²) in [5.41, 5.74) is 1.29. The molecule has 1 unspecified atom stereocenters. The predicted molar refractivity (Wildman–Crippen MR) is 70.8 cm³/mol. The summed E-state index contributed by atoms with van der Waals surface area (Å²) in [5, 5.41) is 9.16. The Kier molecular flexibility index (Phi) is 4.16. The van der Waals surface area contributed by atoms with Crippen LogP contribution in [0, 0.1) is 0 Å². The van der Waals surface area contributed by atoms with E-state index in [9.17, 15) is 9.59 Å². The van der Waals surface area contributed by atoms with Gasteiger partial charge in [-0.15, -0.1) is 0 Å². The molecule has 2 aliphatic heterocycles. The van der Waals surface area contributed by atoms with Crippen LogP contribution in [0.5, 0.6) is 0 Å². The summed E-state index contributed by atoms with van der Waals surface area (Å²) in [5.74, 6) is 0.404. The molecule has 2 amide bonds. The maximum atomic E-state index is 12.3. The van der Waals surface area contributed by atoms with Crippen molar-refractivity contribution < 1.29 is 14.7 Å². The number of aliphatic carboxylic acids is 1. The third-order valence-electron chi connectivity index (χ3n) is 3.37. The molecule has 0 aromatic rings. The molecule has 0 spiro atoms. The highest BCUT2D eigenvalue weighted by Crippen LogP contribution is 2.20. The first-order chi connectivity index (χ1) is 8.59. The highest BCUT2D eigenvalue weighted by atomic mass is 32.2. The van der Waals surface area contributed by atoms with Crippen molar-refractivity contribution in [2.75, 3.05) is 31.1 Å². The van der Waals surface area contributed by atoms with Crippen molar-refractivity contribution in [1.29, 1.82) is 0 Å². The Morgan fingerprint density at radius 1 is 1.44 bits per heavy atom. The van der Waals surface area contributed by atoms with E-state index in [1.165, 1.54) is 10.5 Å². The number of carboxylic acids is 1. The minimum atomic E-state index is -0.903. The fourth-order valence-corrected chi connectivity index (χ4v) is 3.20. The Balaban J connectivity index is 2.04. The van der Waals surface area contributed by atoms with Gasteiger partial charge in [-0.2, -0.15) is 11.8 Å². The van der Waals surface area contributed by atoms with Gasteiger partial charge in [0.05, 0.1) is 0 Å². The molecular weight excluding hydrogens is 252 g/mol. The van der Waals surface area contributed by atoms with Crippen LogP contribution in [-0.2, 0) is 4.79 Å². The summed E-state index contributed by atoms with van der Waals surface area (Å²) < 4.78 is 0. The Labute approximate surface area is 111 Å². The summed E-state index contributed by atoms with van der Waals surface area (Å²) in [6.45, 7) is 3.87. The normalized spacial score (nSPS) is 24.7. The summed E-state index contributed by atoms with van der Waals surface area (Å²) in [6.07, 6.45) is 2.92. The number of carbonyl (C=O) groups excluding carboxylic acids is 1. The van der Waals surface area contributed by atoms with Gasteiger partial charge in [-0.25, -0.2) is 9.59 Å². The number of hydrogen-bond donors (Lipinski definition) is 1. The maximum Gasteiger partial charge on any atom is 0.327 e. The fraction of sp³-hybridized carbons (Fsp3) is 0.667. The molecule has 18 heavy (non-hydrogen) atoms. The summed E-state index contributed by atoms with van der Waals surface area (Å²) in [7, 11) is 0. The number of nitrogens with zero attached hydrogens (tertiary/aromatic N) is 2. The van der Waals surface area contributed by atoms with E-state index in [2.05, 4.69) is 6.92 Å². The average molecular weight is 270 g/mol. The first kappa shape index (κ1) is 13.3. The lowest BCUT2D eigenvalue weighted by molar-refractivity contribution is -0.141. The molecule has 0 aromatic heterocycles. The van der Waals surface area contributed by atoms with E-state index in [0.29, 0.717) is 25.4 Å². The molecule has 1 fully saturated rings. The molecule has 0 aromatic carbocycles. The van der Waals surface area contributed by atoms with Crippen LogP contribution in [0.25, 0.3) is 0 Å². The molecule has 1 saturated heterocycles. The van der Waals surface area contributed by atoms with Crippen molar-refractivity contribution in [2.24, 2.45) is 0 Å². The lowest BCUT2D eigenvalue weighted by atomic mass is 10.1. The van der Waals surface area contributed by atoms with Crippen LogP contribution in [0.1, 0.15) is 13.3 Å². The highest BCUT2D eigenvalue weighted by Gasteiger charge is 2.34. The van der Waals surface area contributed by atoms with Crippen molar-refractivity contribution in [3.63, 3.8) is 0 Å². The van der Waals surface area contributed by atoms with E-state index in [0.717, 1.165) is 12.2 Å². The first-order valence-electron chi connectivity index (χ1n) is 6.11. The van der Waals surface area contributed by atoms with Crippen molar-refractivity contribution in [3.8, 4) is 0 Å². The molecule has 1 atom stereocenters. The van der Waals surface area contributed by atoms with Crippen molar-refractivity contribution >= 4 is 23.8 Å². The lowest BCUT2D eigenvalue weighted by Gasteiger charge is -2.37. The van der Waals surface area contributed by atoms with Gasteiger partial charge in [-0.1, -0.05) is 11.6 Å². The predicted octanol–water partition coefficient (Wildman–Crippen LogP) is 1.26. The van der Waals surface area contributed by atoms with Crippen LogP contribution in [0.2, 0.25) is 0 Å². The van der Waals surface area contributed by atoms with Crippen LogP contribution in [-0.4, -0.2) is 64.1 Å². The zero-order valence-corrected chi connectivity index (χ0v) is 11.3. The highest BCUT2D eigenvalue weighted by molar-refractivity contribution is 7.99. The molecule has 2 heterocycles. The van der Waals surface area contributed by atoms with Gasteiger partial charge < -0.3 is 14.9 Å². The Bertz CT molecular complexity index is 384. The SMILES string of the molecule is CC1=CCN(C(=O)N2CCSCC2C(=O)O)CC1. The molecule has 2 aliphatic rings. The number of amides is 2. The largest absolute Gasteiger partial charge is 0.480 e. The number of carbonyl (C=O) groups is 2. The molecule has 6 heteroatoms. The van der Waals surface area contributed by atoms with Crippen LogP contribution in [0.4, 0.5) is 4.79 Å². The van der Waals surface area contributed by atoms with Crippen molar-refractivity contribution in [2.45, 2.75) is 19.4 Å². The maximum absolute atomic E-state index is 12.3. The third kappa shape index (κ3) is 2.80. The van der Waals surface area contributed by atoms with Crippen LogP contribution in [0.3, 0.4) is 0 Å². The minimum absolute atomic E-state index is 0.133. The smallest absolute Gasteiger partial charge is 0.327 e. The van der Waals surface area contributed by atoms with Crippen molar-refractivity contribution in [3.05, 3.63) is 11.6 Å². The molecule has 0 aliphatic carbocycles. The lowest BCUT2D eigenvalue weighted by Crippen LogP contribution is -2.55. The van der Waals surface area contributed by atoms with Gasteiger partial charge in [-0.3, -0.25) is 0 Å². The van der Waals surface area contributed by atoms with E-state index in [-0.39, 0.29) is 6.03 Å². The second kappa shape index (κ2) is 5.65. The van der Waals surface area contributed by atoms with E-state index < -0.39 is 12.0 Å². The number of thioether (sulfide) groups is 1. The Morgan fingerprint density at radius 3 is 2.83 bits per heavy atom. The molecule has 2 rings (SSSR count). The molecule has 0 saturated carbocycles. The first-order valence-corrected chi connectivity index (χ1v) is 7.27. The van der Waals surface area contributed by atoms with Gasteiger partial charge in [-0.05, 0) is 13.3 Å². The summed E-state index contributed by atoms with van der Waals surface area (Å²) >= 11 is 1.59. The molecule has 1 N–H and O–H groups in total. The third-order valence-corrected chi connectivity index (χ3v) is 4.39. The number of urea groups is 1. The molecule has 0 bridgehead atoms. The molecule has 0 radical (unpaired) electrons. The Morgan fingerprint density at radius 2 is 2.22 bits per heavy atom. The molecule has 5 nitrogen and oxygen atoms in total. The fourth-order valence-electron chi connectivity index (χ4n) is 2.16. The second-order valence-corrected chi connectivity index (χ2v) is 5.80. The average Bonchev–Trinajstić information content (AvgIpc) is 2.39. The van der Waals surface area contributed by atoms with E-state index in [1.807, 2.05) is 6.08 Å². The van der Waals surface area contributed by atoms with Gasteiger partial charge in [0, 0.05) is 31.1 Å². The van der Waals surface area contributed by atoms with E-state index in [4.69, 9.17) is 5.11 Å². The summed E-state index contributed by atoms with van der Waals surface area (Å²) in [4.78, 5) is 26.7. The van der Waals surface area contributed by atoms with E-state index >= 15 is 0 Å². The van der Waals surface area contributed by atoms with Gasteiger partial charge in [0.25, 0.3) is 0 Å². The van der Waals surface area contributed by atoms with Crippen LogP contribution >= 0.6 is 11.8 Å². The number of hydrogen-bond acceptors (Lipinski definition) is 3. The summed E-state index contributed by atoms with van der Waals surface area (Å²) in [6, 6.07) is -0.810. The standard InChI is InChI=1S/C12H18N2O3S/c1-9-2-4-13(5-3-9)12(17)14-6-7-18-8-10(14)11(15)16/h2,10H,3-8H2,1H3,(H,15,16). The minimum Gasteiger partial charge on any atom is -0.480 e. The topological polar surface area (TPSA) is 60.9 Å². The number of carboxylic acid groups (broad SMARTS) is 1. The zero-order chi connectivity index (χ0) is 13.1. The van der Waals surface area contributed by atoms with E-state index in [1.54, 1.807) is 16.7 Å². The van der Waals surface area contributed by atoms with Gasteiger partial charge in [0.2, 0.25) is 0 Å². The second-order valence-electron chi connectivity index (χ2n) is 4.65. The van der Waals surface area contributed by atoms with Crippen molar-refractivity contribution in [1.82, 2.24) is 9.80 Å². The quantitative estimate of drug-likeness (QED) is 0.729. The monoisotopic (exact) mass is 270 g/mol. The van der Waals surface area contributed by atoms with Crippen LogP contribution < -0.4 is 0 Å². The van der Waals surface area contributed by atoms with Gasteiger partial charge >= 0.3 is 12.0 Å². The molecule has 100 valence electrons. The van der Waals surface area contributed by atoms with Crippen LogP contribution in [0.15, 0.2) is 11.6 Å². The zero-order valence-electron chi connectivity index (χ0n) is 10.5. The van der Waals surface area contributed by atoms with Gasteiger partial charge in [0.1, 0.15) is 6.04 Å². The Hall–Kier alpha value is -1.17. The van der Waals surface area contributed by atoms with Gasteiger partial charge in [0.15, 0.2) is 0 Å². The molecular formula is C12H18N2O3S. The number of rotatable bonds is 1.